The fourth-order valence-corrected chi connectivity index (χ4v) is 3.61. The first-order chi connectivity index (χ1) is 12.1. The molecule has 0 atom stereocenters. The Hall–Kier alpha value is -2.43. The Morgan fingerprint density at radius 2 is 1.84 bits per heavy atom. The molecule has 25 heavy (non-hydrogen) atoms. The highest BCUT2D eigenvalue weighted by molar-refractivity contribution is 6.02. The van der Waals surface area contributed by atoms with Crippen molar-refractivity contribution in [1.29, 1.82) is 0 Å². The monoisotopic (exact) mass is 337 g/mol. The average molecular weight is 337 g/mol. The predicted octanol–water partition coefficient (Wildman–Crippen LogP) is 3.13. The minimum Gasteiger partial charge on any atom is -0.342 e. The molecule has 0 spiro atoms. The molecule has 5 nitrogen and oxygen atoms in total. The lowest BCUT2D eigenvalue weighted by Gasteiger charge is -2.31. The molecule has 1 aliphatic carbocycles. The molecule has 1 saturated carbocycles. The first kappa shape index (κ1) is 16.1. The van der Waals surface area contributed by atoms with Crippen LogP contribution in [0.2, 0.25) is 0 Å². The minimum atomic E-state index is -0.0312. The summed E-state index contributed by atoms with van der Waals surface area (Å²) in [5, 5.41) is 4.05. The van der Waals surface area contributed by atoms with Crippen LogP contribution in [0.15, 0.2) is 30.5 Å². The summed E-state index contributed by atoms with van der Waals surface area (Å²) in [5.41, 5.74) is 2.83. The second-order valence-electron chi connectivity index (χ2n) is 7.19. The van der Waals surface area contributed by atoms with E-state index in [1.54, 1.807) is 6.20 Å². The van der Waals surface area contributed by atoms with E-state index in [1.807, 2.05) is 36.1 Å². The van der Waals surface area contributed by atoms with Crippen LogP contribution in [-0.2, 0) is 9.59 Å². The number of aryl methyl sites for hydroxylation is 1. The van der Waals surface area contributed by atoms with Crippen molar-refractivity contribution in [2.24, 2.45) is 11.8 Å². The Kier molecular flexibility index (Phi) is 4.15. The number of pyridine rings is 1. The van der Waals surface area contributed by atoms with Crippen LogP contribution in [0.1, 0.15) is 31.2 Å². The van der Waals surface area contributed by atoms with Gasteiger partial charge in [0.25, 0.3) is 0 Å². The number of carbonyl (C=O) groups excluding carboxylic acids is 2. The molecule has 0 unspecified atom stereocenters. The number of nitrogens with zero attached hydrogens (tertiary/aromatic N) is 2. The number of rotatable bonds is 3. The summed E-state index contributed by atoms with van der Waals surface area (Å²) in [6.07, 6.45) is 5.33. The number of piperidine rings is 1. The van der Waals surface area contributed by atoms with E-state index in [0.717, 1.165) is 47.8 Å². The van der Waals surface area contributed by atoms with Crippen molar-refractivity contribution in [2.75, 3.05) is 18.4 Å². The van der Waals surface area contributed by atoms with Gasteiger partial charge in [-0.2, -0.15) is 0 Å². The number of carbonyl (C=O) groups is 2. The number of anilines is 1. The lowest BCUT2D eigenvalue weighted by atomic mass is 9.95. The van der Waals surface area contributed by atoms with Crippen molar-refractivity contribution in [3.63, 3.8) is 0 Å². The Labute approximate surface area is 147 Å². The fraction of sp³-hybridized carbons (Fsp3) is 0.450. The third kappa shape index (κ3) is 3.23. The first-order valence-electron chi connectivity index (χ1n) is 9.07. The molecule has 130 valence electrons. The van der Waals surface area contributed by atoms with E-state index in [2.05, 4.69) is 10.3 Å². The number of amides is 2. The van der Waals surface area contributed by atoms with Gasteiger partial charge in [0.15, 0.2) is 0 Å². The average Bonchev–Trinajstić information content (AvgIpc) is 3.49. The number of benzene rings is 1. The molecule has 1 aromatic carbocycles. The number of hydrogen-bond acceptors (Lipinski definition) is 3. The van der Waals surface area contributed by atoms with E-state index in [4.69, 9.17) is 0 Å². The minimum absolute atomic E-state index is 0.0312. The number of aromatic nitrogens is 1. The lowest BCUT2D eigenvalue weighted by Crippen LogP contribution is -2.42. The van der Waals surface area contributed by atoms with Crippen molar-refractivity contribution in [3.8, 4) is 0 Å². The third-order valence-electron chi connectivity index (χ3n) is 5.33. The molecule has 2 aromatic rings. The molecule has 2 heterocycles. The summed E-state index contributed by atoms with van der Waals surface area (Å²) in [7, 11) is 0. The Balaban J connectivity index is 1.43. The summed E-state index contributed by atoms with van der Waals surface area (Å²) in [6, 6.07) is 7.81. The van der Waals surface area contributed by atoms with Crippen LogP contribution in [0.3, 0.4) is 0 Å². The van der Waals surface area contributed by atoms with Crippen molar-refractivity contribution >= 4 is 28.4 Å². The zero-order chi connectivity index (χ0) is 17.4. The molecule has 1 saturated heterocycles. The van der Waals surface area contributed by atoms with Gasteiger partial charge in [0.1, 0.15) is 0 Å². The molecule has 5 heteroatoms. The molecule has 1 aliphatic heterocycles. The largest absolute Gasteiger partial charge is 0.342 e. The molecule has 2 amide bonds. The third-order valence-corrected chi connectivity index (χ3v) is 5.33. The van der Waals surface area contributed by atoms with Crippen LogP contribution in [0.25, 0.3) is 10.9 Å². The second-order valence-corrected chi connectivity index (χ2v) is 7.19. The maximum atomic E-state index is 12.7. The van der Waals surface area contributed by atoms with Crippen molar-refractivity contribution < 1.29 is 9.59 Å². The summed E-state index contributed by atoms with van der Waals surface area (Å²) in [4.78, 5) is 31.2. The highest BCUT2D eigenvalue weighted by atomic mass is 16.2. The SMILES string of the molecule is Cc1ccc(NC(=O)C2CCN(C(=O)C3CC3)CC2)c2cccnc12. The van der Waals surface area contributed by atoms with E-state index in [0.29, 0.717) is 13.1 Å². The molecule has 1 aromatic heterocycles. The standard InChI is InChI=1S/C20H23N3O2/c1-13-4-7-17(16-3-2-10-21-18(13)16)22-19(24)14-8-11-23(12-9-14)20(25)15-5-6-15/h2-4,7,10,14-15H,5-6,8-9,11-12H2,1H3,(H,22,24). The van der Waals surface area contributed by atoms with Gasteiger partial charge in [0, 0.05) is 36.5 Å². The van der Waals surface area contributed by atoms with Crippen LogP contribution in [-0.4, -0.2) is 34.8 Å². The molecule has 2 fully saturated rings. The van der Waals surface area contributed by atoms with Crippen LogP contribution in [0.4, 0.5) is 5.69 Å². The van der Waals surface area contributed by atoms with Gasteiger partial charge in [0.05, 0.1) is 11.2 Å². The van der Waals surface area contributed by atoms with Gasteiger partial charge in [-0.1, -0.05) is 6.07 Å². The molecule has 0 radical (unpaired) electrons. The molecule has 0 bridgehead atoms. The number of nitrogens with one attached hydrogen (secondary N) is 1. The van der Waals surface area contributed by atoms with Gasteiger partial charge in [0.2, 0.25) is 11.8 Å². The van der Waals surface area contributed by atoms with E-state index >= 15 is 0 Å². The zero-order valence-electron chi connectivity index (χ0n) is 14.5. The van der Waals surface area contributed by atoms with Gasteiger partial charge in [-0.3, -0.25) is 14.6 Å². The van der Waals surface area contributed by atoms with Crippen molar-refractivity contribution in [2.45, 2.75) is 32.6 Å². The van der Waals surface area contributed by atoms with E-state index < -0.39 is 0 Å². The van der Waals surface area contributed by atoms with E-state index in [9.17, 15) is 9.59 Å². The van der Waals surface area contributed by atoms with Gasteiger partial charge in [-0.15, -0.1) is 0 Å². The molecular weight excluding hydrogens is 314 g/mol. The van der Waals surface area contributed by atoms with Gasteiger partial charge in [-0.25, -0.2) is 0 Å². The quantitative estimate of drug-likeness (QED) is 0.936. The van der Waals surface area contributed by atoms with Crippen LogP contribution >= 0.6 is 0 Å². The Morgan fingerprint density at radius 3 is 2.56 bits per heavy atom. The van der Waals surface area contributed by atoms with E-state index in [-0.39, 0.29) is 23.7 Å². The van der Waals surface area contributed by atoms with Crippen molar-refractivity contribution in [3.05, 3.63) is 36.0 Å². The topological polar surface area (TPSA) is 62.3 Å². The number of fused-ring (bicyclic) bond motifs is 1. The number of hydrogen-bond donors (Lipinski definition) is 1. The molecule has 1 N–H and O–H groups in total. The Bertz CT molecular complexity index is 821. The van der Waals surface area contributed by atoms with Crippen LogP contribution in [0.5, 0.6) is 0 Å². The van der Waals surface area contributed by atoms with E-state index in [1.165, 1.54) is 0 Å². The fourth-order valence-electron chi connectivity index (χ4n) is 3.61. The number of likely N-dealkylation sites (tertiary alicyclic amines) is 1. The summed E-state index contributed by atoms with van der Waals surface area (Å²) in [5.74, 6) is 0.565. The Morgan fingerprint density at radius 1 is 1.08 bits per heavy atom. The summed E-state index contributed by atoms with van der Waals surface area (Å²) in [6.45, 7) is 3.42. The molecule has 2 aliphatic rings. The summed E-state index contributed by atoms with van der Waals surface area (Å²) >= 11 is 0. The van der Waals surface area contributed by atoms with Gasteiger partial charge < -0.3 is 10.2 Å². The van der Waals surface area contributed by atoms with Crippen LogP contribution < -0.4 is 5.32 Å². The maximum Gasteiger partial charge on any atom is 0.227 e. The second kappa shape index (κ2) is 6.47. The van der Waals surface area contributed by atoms with Gasteiger partial charge >= 0.3 is 0 Å². The van der Waals surface area contributed by atoms with Crippen molar-refractivity contribution in [1.82, 2.24) is 9.88 Å². The van der Waals surface area contributed by atoms with Gasteiger partial charge in [-0.05, 0) is 56.4 Å². The lowest BCUT2D eigenvalue weighted by molar-refractivity contribution is -0.135. The first-order valence-corrected chi connectivity index (χ1v) is 9.07. The molecular formula is C20H23N3O2. The predicted molar refractivity (Wildman–Crippen MR) is 97.1 cm³/mol. The smallest absolute Gasteiger partial charge is 0.227 e. The normalized spacial score (nSPS) is 18.4. The summed E-state index contributed by atoms with van der Waals surface area (Å²) < 4.78 is 0. The highest BCUT2D eigenvalue weighted by Crippen LogP contribution is 2.33. The zero-order valence-corrected chi connectivity index (χ0v) is 14.5. The molecule has 4 rings (SSSR count). The van der Waals surface area contributed by atoms with Crippen LogP contribution in [0, 0.1) is 18.8 Å². The maximum absolute atomic E-state index is 12.7. The highest BCUT2D eigenvalue weighted by Gasteiger charge is 2.36.